The highest BCUT2D eigenvalue weighted by molar-refractivity contribution is 5.70. The predicted molar refractivity (Wildman–Crippen MR) is 66.7 cm³/mol. The lowest BCUT2D eigenvalue weighted by molar-refractivity contribution is -0.334. The first-order chi connectivity index (χ1) is 8.17. The number of carboxylic acids is 1. The SMILES string of the molecule is CCCCOOC(CCC)C(CCC)C(=O)O. The Morgan fingerprint density at radius 1 is 1.12 bits per heavy atom. The maximum Gasteiger partial charge on any atom is 0.309 e. The van der Waals surface area contributed by atoms with E-state index in [1.807, 2.05) is 13.8 Å². The van der Waals surface area contributed by atoms with Gasteiger partial charge < -0.3 is 5.11 Å². The summed E-state index contributed by atoms with van der Waals surface area (Å²) in [5.74, 6) is -1.24. The molecule has 102 valence electrons. The molecule has 0 saturated carbocycles. The third-order valence-electron chi connectivity index (χ3n) is 2.71. The molecule has 0 heterocycles. The number of carbonyl (C=O) groups is 1. The fourth-order valence-electron chi connectivity index (χ4n) is 1.72. The third kappa shape index (κ3) is 7.34. The van der Waals surface area contributed by atoms with Crippen molar-refractivity contribution >= 4 is 5.97 Å². The van der Waals surface area contributed by atoms with Crippen LogP contribution in [0.15, 0.2) is 0 Å². The Morgan fingerprint density at radius 3 is 2.24 bits per heavy atom. The van der Waals surface area contributed by atoms with Gasteiger partial charge in [-0.15, -0.1) is 0 Å². The summed E-state index contributed by atoms with van der Waals surface area (Å²) in [5.41, 5.74) is 0. The Kier molecular flexibility index (Phi) is 10.2. The second-order valence-electron chi connectivity index (χ2n) is 4.33. The van der Waals surface area contributed by atoms with Gasteiger partial charge in [0.15, 0.2) is 0 Å². The highest BCUT2D eigenvalue weighted by atomic mass is 17.2. The Labute approximate surface area is 104 Å². The van der Waals surface area contributed by atoms with Crippen LogP contribution in [0.5, 0.6) is 0 Å². The second-order valence-corrected chi connectivity index (χ2v) is 4.33. The number of aliphatic carboxylic acids is 1. The summed E-state index contributed by atoms with van der Waals surface area (Å²) in [5, 5.41) is 9.17. The molecule has 0 rings (SSSR count). The van der Waals surface area contributed by atoms with E-state index < -0.39 is 11.9 Å². The Hall–Kier alpha value is -0.610. The minimum absolute atomic E-state index is 0.325. The zero-order chi connectivity index (χ0) is 13.1. The van der Waals surface area contributed by atoms with Crippen molar-refractivity contribution in [3.8, 4) is 0 Å². The van der Waals surface area contributed by atoms with Crippen LogP contribution in [0.2, 0.25) is 0 Å². The molecule has 2 unspecified atom stereocenters. The van der Waals surface area contributed by atoms with E-state index in [2.05, 4.69) is 6.92 Å². The molecule has 17 heavy (non-hydrogen) atoms. The highest BCUT2D eigenvalue weighted by Crippen LogP contribution is 2.20. The molecule has 0 aliphatic rings. The van der Waals surface area contributed by atoms with Crippen LogP contribution in [-0.4, -0.2) is 23.8 Å². The van der Waals surface area contributed by atoms with Gasteiger partial charge in [-0.25, -0.2) is 9.78 Å². The molecule has 1 N–H and O–H groups in total. The Balaban J connectivity index is 4.19. The van der Waals surface area contributed by atoms with Gasteiger partial charge in [-0.3, -0.25) is 4.79 Å². The van der Waals surface area contributed by atoms with Crippen molar-refractivity contribution in [1.29, 1.82) is 0 Å². The lowest BCUT2D eigenvalue weighted by Crippen LogP contribution is -2.31. The quantitative estimate of drug-likeness (QED) is 0.345. The Bertz CT molecular complexity index is 194. The third-order valence-corrected chi connectivity index (χ3v) is 2.71. The summed E-state index contributed by atoms with van der Waals surface area (Å²) in [6.07, 6.45) is 4.75. The maximum atomic E-state index is 11.2. The summed E-state index contributed by atoms with van der Waals surface area (Å²) in [6, 6.07) is 0. The van der Waals surface area contributed by atoms with Crippen molar-refractivity contribution in [3.05, 3.63) is 0 Å². The van der Waals surface area contributed by atoms with Crippen LogP contribution in [0, 0.1) is 5.92 Å². The molecule has 0 aromatic rings. The van der Waals surface area contributed by atoms with E-state index >= 15 is 0 Å². The van der Waals surface area contributed by atoms with Gasteiger partial charge in [0.1, 0.15) is 6.10 Å². The highest BCUT2D eigenvalue weighted by Gasteiger charge is 2.28. The van der Waals surface area contributed by atoms with Crippen LogP contribution in [-0.2, 0) is 14.6 Å². The van der Waals surface area contributed by atoms with Gasteiger partial charge in [-0.2, -0.15) is 0 Å². The molecule has 0 fully saturated rings. The summed E-state index contributed by atoms with van der Waals surface area (Å²) < 4.78 is 0. The molecule has 0 amide bonds. The molecule has 0 aromatic carbocycles. The summed E-state index contributed by atoms with van der Waals surface area (Å²) in [6.45, 7) is 6.61. The Morgan fingerprint density at radius 2 is 1.76 bits per heavy atom. The summed E-state index contributed by atoms with van der Waals surface area (Å²) in [4.78, 5) is 21.5. The van der Waals surface area contributed by atoms with Crippen molar-refractivity contribution in [2.75, 3.05) is 6.61 Å². The predicted octanol–water partition coefficient (Wildman–Crippen LogP) is 3.40. The first kappa shape index (κ1) is 16.4. The molecule has 0 spiro atoms. The van der Waals surface area contributed by atoms with Crippen LogP contribution in [0.4, 0.5) is 0 Å². The van der Waals surface area contributed by atoms with Crippen molar-refractivity contribution < 1.29 is 19.7 Å². The number of rotatable bonds is 11. The van der Waals surface area contributed by atoms with Crippen LogP contribution >= 0.6 is 0 Å². The average Bonchev–Trinajstić information content (AvgIpc) is 2.30. The molecular weight excluding hydrogens is 220 g/mol. The van der Waals surface area contributed by atoms with Crippen molar-refractivity contribution in [3.63, 3.8) is 0 Å². The van der Waals surface area contributed by atoms with Gasteiger partial charge >= 0.3 is 5.97 Å². The van der Waals surface area contributed by atoms with Gasteiger partial charge in [0.25, 0.3) is 0 Å². The van der Waals surface area contributed by atoms with Crippen molar-refractivity contribution in [2.24, 2.45) is 5.92 Å². The van der Waals surface area contributed by atoms with Gasteiger partial charge in [0.05, 0.1) is 12.5 Å². The molecule has 0 aliphatic heterocycles. The van der Waals surface area contributed by atoms with E-state index in [1.165, 1.54) is 0 Å². The van der Waals surface area contributed by atoms with Crippen LogP contribution in [0.1, 0.15) is 59.3 Å². The van der Waals surface area contributed by atoms with Crippen LogP contribution in [0.25, 0.3) is 0 Å². The smallest absolute Gasteiger partial charge is 0.309 e. The fraction of sp³-hybridized carbons (Fsp3) is 0.923. The molecule has 0 aromatic heterocycles. The first-order valence-electron chi connectivity index (χ1n) is 6.68. The monoisotopic (exact) mass is 246 g/mol. The lowest BCUT2D eigenvalue weighted by atomic mass is 9.94. The van der Waals surface area contributed by atoms with E-state index in [1.54, 1.807) is 0 Å². The van der Waals surface area contributed by atoms with Gasteiger partial charge in [-0.05, 0) is 19.3 Å². The second kappa shape index (κ2) is 10.5. The van der Waals surface area contributed by atoms with E-state index in [4.69, 9.17) is 14.9 Å². The molecule has 0 saturated heterocycles. The minimum atomic E-state index is -0.788. The number of hydrogen-bond donors (Lipinski definition) is 1. The molecular formula is C13H26O4. The van der Waals surface area contributed by atoms with Gasteiger partial charge in [0.2, 0.25) is 0 Å². The number of carboxylic acid groups (broad SMARTS) is 1. The first-order valence-corrected chi connectivity index (χ1v) is 6.68. The largest absolute Gasteiger partial charge is 0.481 e. The van der Waals surface area contributed by atoms with Crippen LogP contribution < -0.4 is 0 Å². The molecule has 2 atom stereocenters. The molecule has 0 radical (unpaired) electrons. The minimum Gasteiger partial charge on any atom is -0.481 e. The van der Waals surface area contributed by atoms with E-state index in [-0.39, 0.29) is 6.10 Å². The standard InChI is InChI=1S/C13H26O4/c1-4-7-10-16-17-12(9-6-3)11(8-5-2)13(14)15/h11-12H,4-10H2,1-3H3,(H,14,15). The zero-order valence-corrected chi connectivity index (χ0v) is 11.3. The number of unbranched alkanes of at least 4 members (excludes halogenated alkanes) is 1. The van der Waals surface area contributed by atoms with E-state index in [0.717, 1.165) is 32.1 Å². The summed E-state index contributed by atoms with van der Waals surface area (Å²) in [7, 11) is 0. The van der Waals surface area contributed by atoms with Crippen molar-refractivity contribution in [2.45, 2.75) is 65.4 Å². The maximum absolute atomic E-state index is 11.2. The van der Waals surface area contributed by atoms with Crippen LogP contribution in [0.3, 0.4) is 0 Å². The zero-order valence-electron chi connectivity index (χ0n) is 11.3. The molecule has 4 nitrogen and oxygen atoms in total. The molecule has 0 aliphatic carbocycles. The van der Waals surface area contributed by atoms with Crippen molar-refractivity contribution in [1.82, 2.24) is 0 Å². The van der Waals surface area contributed by atoms with E-state index in [0.29, 0.717) is 13.0 Å². The molecule has 0 bridgehead atoms. The fourth-order valence-corrected chi connectivity index (χ4v) is 1.72. The lowest BCUT2D eigenvalue weighted by Gasteiger charge is -2.22. The van der Waals surface area contributed by atoms with Gasteiger partial charge in [-0.1, -0.05) is 40.0 Å². The normalized spacial score (nSPS) is 14.5. The average molecular weight is 246 g/mol. The topological polar surface area (TPSA) is 55.8 Å². The van der Waals surface area contributed by atoms with E-state index in [9.17, 15) is 4.79 Å². The number of hydrogen-bond acceptors (Lipinski definition) is 3. The molecule has 4 heteroatoms. The van der Waals surface area contributed by atoms with Gasteiger partial charge in [0, 0.05) is 0 Å². The summed E-state index contributed by atoms with van der Waals surface area (Å²) >= 11 is 0.